The van der Waals surface area contributed by atoms with Crippen molar-refractivity contribution in [1.29, 1.82) is 0 Å². The normalized spacial score (nSPS) is 13.3. The van der Waals surface area contributed by atoms with Gasteiger partial charge in [-0.2, -0.15) is 0 Å². The van der Waals surface area contributed by atoms with Crippen LogP contribution in [0.2, 0.25) is 0 Å². The molecule has 1 aliphatic heterocycles. The highest BCUT2D eigenvalue weighted by molar-refractivity contribution is 5.94. The molecule has 4 rings (SSSR count). The van der Waals surface area contributed by atoms with Gasteiger partial charge >= 0.3 is 0 Å². The molecule has 0 radical (unpaired) electrons. The zero-order valence-corrected chi connectivity index (χ0v) is 14.7. The molecule has 26 heavy (non-hydrogen) atoms. The molecule has 4 nitrogen and oxygen atoms in total. The van der Waals surface area contributed by atoms with E-state index in [-0.39, 0.29) is 5.91 Å². The molecule has 2 aromatic carbocycles. The summed E-state index contributed by atoms with van der Waals surface area (Å²) in [6, 6.07) is 20.2. The van der Waals surface area contributed by atoms with E-state index in [4.69, 9.17) is 4.42 Å². The summed E-state index contributed by atoms with van der Waals surface area (Å²) in [6.07, 6.45) is 3.95. The fourth-order valence-corrected chi connectivity index (χ4v) is 3.44. The van der Waals surface area contributed by atoms with Crippen molar-refractivity contribution in [2.45, 2.75) is 25.9 Å². The summed E-state index contributed by atoms with van der Waals surface area (Å²) < 4.78 is 5.23. The van der Waals surface area contributed by atoms with Crippen molar-refractivity contribution in [2.75, 3.05) is 11.4 Å². The number of carbonyl (C=O) groups excluding carboxylic acids is 1. The van der Waals surface area contributed by atoms with Crippen molar-refractivity contribution in [2.24, 2.45) is 0 Å². The van der Waals surface area contributed by atoms with Crippen LogP contribution < -0.4 is 10.2 Å². The fourth-order valence-electron chi connectivity index (χ4n) is 3.44. The van der Waals surface area contributed by atoms with E-state index in [1.807, 2.05) is 36.4 Å². The molecule has 1 aromatic heterocycles. The minimum Gasteiger partial charge on any atom is -0.467 e. The molecule has 0 spiro atoms. The number of nitrogens with zero attached hydrogens (tertiary/aromatic N) is 1. The minimum atomic E-state index is -0.0868. The molecule has 0 atom stereocenters. The van der Waals surface area contributed by atoms with Crippen molar-refractivity contribution >= 4 is 11.6 Å². The van der Waals surface area contributed by atoms with Gasteiger partial charge in [0.2, 0.25) is 0 Å². The van der Waals surface area contributed by atoms with Gasteiger partial charge in [0.25, 0.3) is 5.91 Å². The number of rotatable bonds is 5. The highest BCUT2D eigenvalue weighted by Gasteiger charge is 2.16. The van der Waals surface area contributed by atoms with Crippen LogP contribution in [0.5, 0.6) is 0 Å². The summed E-state index contributed by atoms with van der Waals surface area (Å²) in [6.45, 7) is 2.34. The first kappa shape index (κ1) is 16.5. The first-order chi connectivity index (χ1) is 12.8. The molecule has 4 heteroatoms. The smallest absolute Gasteiger partial charge is 0.251 e. The zero-order valence-electron chi connectivity index (χ0n) is 14.7. The number of furan rings is 1. The van der Waals surface area contributed by atoms with Gasteiger partial charge in [-0.3, -0.25) is 4.79 Å². The third-order valence-corrected chi connectivity index (χ3v) is 4.80. The molecule has 0 bridgehead atoms. The lowest BCUT2D eigenvalue weighted by molar-refractivity contribution is 0.0948. The van der Waals surface area contributed by atoms with Crippen LogP contribution in [0.1, 0.15) is 33.7 Å². The lowest BCUT2D eigenvalue weighted by atomic mass is 10.0. The van der Waals surface area contributed by atoms with Crippen LogP contribution in [0.3, 0.4) is 0 Å². The summed E-state index contributed by atoms with van der Waals surface area (Å²) in [7, 11) is 0. The molecule has 0 unspecified atom stereocenters. The molecule has 3 aromatic rings. The summed E-state index contributed by atoms with van der Waals surface area (Å²) in [5, 5.41) is 2.87. The van der Waals surface area contributed by atoms with Gasteiger partial charge in [-0.25, -0.2) is 0 Å². The van der Waals surface area contributed by atoms with Crippen molar-refractivity contribution in [3.63, 3.8) is 0 Å². The largest absolute Gasteiger partial charge is 0.467 e. The van der Waals surface area contributed by atoms with E-state index in [0.717, 1.165) is 25.3 Å². The number of amides is 1. The monoisotopic (exact) mass is 346 g/mol. The highest BCUT2D eigenvalue weighted by atomic mass is 16.3. The summed E-state index contributed by atoms with van der Waals surface area (Å²) in [5.41, 5.74) is 4.63. The third kappa shape index (κ3) is 3.64. The molecule has 132 valence electrons. The molecule has 0 saturated heterocycles. The summed E-state index contributed by atoms with van der Waals surface area (Å²) in [4.78, 5) is 14.7. The number of hydrogen-bond donors (Lipinski definition) is 1. The van der Waals surface area contributed by atoms with Crippen molar-refractivity contribution in [1.82, 2.24) is 5.32 Å². The third-order valence-electron chi connectivity index (χ3n) is 4.80. The minimum absolute atomic E-state index is 0.0868. The Hall–Kier alpha value is -3.01. The maximum absolute atomic E-state index is 12.2. The van der Waals surface area contributed by atoms with Crippen molar-refractivity contribution in [3.8, 4) is 0 Å². The van der Waals surface area contributed by atoms with Crippen LogP contribution in [-0.4, -0.2) is 12.5 Å². The van der Waals surface area contributed by atoms with E-state index in [9.17, 15) is 4.79 Å². The van der Waals surface area contributed by atoms with E-state index in [0.29, 0.717) is 12.1 Å². The number of fused-ring (bicyclic) bond motifs is 1. The Kier molecular flexibility index (Phi) is 4.73. The number of carbonyl (C=O) groups is 1. The van der Waals surface area contributed by atoms with Crippen LogP contribution in [0.4, 0.5) is 5.69 Å². The number of para-hydroxylation sites is 1. The van der Waals surface area contributed by atoms with Crippen LogP contribution in [0.15, 0.2) is 71.3 Å². The van der Waals surface area contributed by atoms with Gasteiger partial charge in [-0.15, -0.1) is 0 Å². The van der Waals surface area contributed by atoms with Gasteiger partial charge < -0.3 is 14.6 Å². The summed E-state index contributed by atoms with van der Waals surface area (Å²) in [5.74, 6) is 0.662. The Balaban J connectivity index is 1.40. The van der Waals surface area contributed by atoms with E-state index in [2.05, 4.69) is 34.5 Å². The Morgan fingerprint density at radius 3 is 2.69 bits per heavy atom. The predicted octanol–water partition coefficient (Wildman–Crippen LogP) is 4.16. The fraction of sp³-hybridized carbons (Fsp3) is 0.227. The standard InChI is InChI=1S/C22H22N2O2/c25-22(23-15-20-7-4-14-26-20)19-11-9-17(10-12-19)16-24-13-3-6-18-5-1-2-8-21(18)24/h1-2,4-5,7-12,14H,3,6,13,15-16H2,(H,23,25). The second kappa shape index (κ2) is 7.48. The maximum atomic E-state index is 12.2. The van der Waals surface area contributed by atoms with Gasteiger partial charge in [-0.05, 0) is 54.3 Å². The first-order valence-corrected chi connectivity index (χ1v) is 9.02. The van der Waals surface area contributed by atoms with E-state index in [1.165, 1.54) is 23.2 Å². The van der Waals surface area contributed by atoms with Crippen molar-refractivity contribution in [3.05, 3.63) is 89.4 Å². The van der Waals surface area contributed by atoms with Crippen LogP contribution in [-0.2, 0) is 19.5 Å². The molecule has 0 fully saturated rings. The van der Waals surface area contributed by atoms with Crippen LogP contribution in [0, 0.1) is 0 Å². The number of aryl methyl sites for hydroxylation is 1. The van der Waals surface area contributed by atoms with Crippen LogP contribution in [0.25, 0.3) is 0 Å². The quantitative estimate of drug-likeness (QED) is 0.754. The van der Waals surface area contributed by atoms with E-state index >= 15 is 0 Å². The van der Waals surface area contributed by atoms with Gasteiger partial charge in [-0.1, -0.05) is 30.3 Å². The highest BCUT2D eigenvalue weighted by Crippen LogP contribution is 2.28. The Morgan fingerprint density at radius 1 is 1.04 bits per heavy atom. The van der Waals surface area contributed by atoms with E-state index < -0.39 is 0 Å². The van der Waals surface area contributed by atoms with Gasteiger partial charge in [0, 0.05) is 24.3 Å². The maximum Gasteiger partial charge on any atom is 0.251 e. The second-order valence-electron chi connectivity index (χ2n) is 6.61. The molecule has 1 aliphatic rings. The Labute approximate surface area is 153 Å². The number of anilines is 1. The molecule has 1 N–H and O–H groups in total. The zero-order chi connectivity index (χ0) is 17.8. The lowest BCUT2D eigenvalue weighted by Gasteiger charge is -2.31. The molecule has 1 amide bonds. The molecular weight excluding hydrogens is 324 g/mol. The number of hydrogen-bond acceptors (Lipinski definition) is 3. The Bertz CT molecular complexity index is 869. The average molecular weight is 346 g/mol. The summed E-state index contributed by atoms with van der Waals surface area (Å²) >= 11 is 0. The van der Waals surface area contributed by atoms with Gasteiger partial charge in [0.15, 0.2) is 0 Å². The average Bonchev–Trinajstić information content (AvgIpc) is 3.21. The Morgan fingerprint density at radius 2 is 1.88 bits per heavy atom. The predicted molar refractivity (Wildman–Crippen MR) is 102 cm³/mol. The SMILES string of the molecule is O=C(NCc1ccco1)c1ccc(CN2CCCc3ccccc32)cc1. The van der Waals surface area contributed by atoms with Crippen molar-refractivity contribution < 1.29 is 9.21 Å². The molecule has 2 heterocycles. The number of benzene rings is 2. The van der Waals surface area contributed by atoms with E-state index in [1.54, 1.807) is 6.26 Å². The lowest BCUT2D eigenvalue weighted by Crippen LogP contribution is -2.28. The second-order valence-corrected chi connectivity index (χ2v) is 6.61. The molecule has 0 saturated carbocycles. The van der Waals surface area contributed by atoms with Gasteiger partial charge in [0.1, 0.15) is 5.76 Å². The number of nitrogens with one attached hydrogen (secondary N) is 1. The molecule has 0 aliphatic carbocycles. The van der Waals surface area contributed by atoms with Crippen LogP contribution >= 0.6 is 0 Å². The first-order valence-electron chi connectivity index (χ1n) is 9.02. The topological polar surface area (TPSA) is 45.5 Å². The van der Waals surface area contributed by atoms with Gasteiger partial charge in [0.05, 0.1) is 12.8 Å². The molecular formula is C22H22N2O2.